The van der Waals surface area contributed by atoms with Crippen molar-refractivity contribution in [3.05, 3.63) is 59.9 Å². The molecule has 3 aromatic rings. The fourth-order valence-electron chi connectivity index (χ4n) is 3.53. The maximum atomic E-state index is 13.3. The third kappa shape index (κ3) is 4.67. The van der Waals surface area contributed by atoms with Gasteiger partial charge in [-0.2, -0.15) is 0 Å². The van der Waals surface area contributed by atoms with E-state index in [4.69, 9.17) is 9.47 Å². The average Bonchev–Trinajstić information content (AvgIpc) is 3.22. The highest BCUT2D eigenvalue weighted by atomic mass is 32.2. The molecule has 0 saturated carbocycles. The number of benzene rings is 2. The van der Waals surface area contributed by atoms with Crippen LogP contribution in [0.1, 0.15) is 38.2 Å². The molecule has 1 aromatic heterocycles. The van der Waals surface area contributed by atoms with Gasteiger partial charge in [0.05, 0.1) is 19.3 Å². The van der Waals surface area contributed by atoms with Crippen LogP contribution in [0.15, 0.2) is 53.7 Å². The smallest absolute Gasteiger partial charge is 0.240 e. The van der Waals surface area contributed by atoms with Gasteiger partial charge in [-0.3, -0.25) is 4.79 Å². The Morgan fingerprint density at radius 2 is 1.62 bits per heavy atom. The van der Waals surface area contributed by atoms with Crippen LogP contribution in [-0.4, -0.2) is 39.2 Å². The second-order valence-corrected chi connectivity index (χ2v) is 8.29. The summed E-state index contributed by atoms with van der Waals surface area (Å²) in [4.78, 5) is 13.3. The number of nitrogens with one attached hydrogen (secondary N) is 2. The Bertz CT molecular complexity index is 1050. The second-order valence-electron chi connectivity index (χ2n) is 7.18. The van der Waals surface area contributed by atoms with E-state index in [2.05, 4.69) is 20.9 Å². The first-order valence-electron chi connectivity index (χ1n) is 10.8. The molecule has 0 saturated heterocycles. The number of carbonyl (C=O) groups excluding carboxylic acids is 1. The Morgan fingerprint density at radius 1 is 1.00 bits per heavy atom. The van der Waals surface area contributed by atoms with Crippen molar-refractivity contribution in [1.29, 1.82) is 0 Å². The van der Waals surface area contributed by atoms with E-state index in [1.807, 2.05) is 74.0 Å². The van der Waals surface area contributed by atoms with Crippen molar-refractivity contribution in [1.82, 2.24) is 14.9 Å². The van der Waals surface area contributed by atoms with Crippen LogP contribution >= 0.6 is 11.8 Å². The fraction of sp³-hybridized carbons (Fsp3) is 0.348. The van der Waals surface area contributed by atoms with Crippen LogP contribution < -0.4 is 20.2 Å². The van der Waals surface area contributed by atoms with Crippen LogP contribution in [0.2, 0.25) is 0 Å². The summed E-state index contributed by atoms with van der Waals surface area (Å²) in [6, 6.07) is 14.9. The fourth-order valence-corrected chi connectivity index (χ4v) is 4.63. The van der Waals surface area contributed by atoms with Crippen molar-refractivity contribution in [2.45, 2.75) is 43.6 Å². The molecule has 0 bridgehead atoms. The van der Waals surface area contributed by atoms with Crippen molar-refractivity contribution >= 4 is 23.4 Å². The number of fused-ring (bicyclic) bond motifs is 1. The predicted molar refractivity (Wildman–Crippen MR) is 125 cm³/mol. The monoisotopic (exact) mass is 453 g/mol. The minimum atomic E-state index is -0.444. The molecular formula is C23H27N5O3S. The molecule has 2 atom stereocenters. The zero-order valence-corrected chi connectivity index (χ0v) is 19.2. The number of ether oxygens (including phenoxy) is 2. The number of aromatic nitrogens is 3. The largest absolute Gasteiger partial charge is 0.494 e. The number of hydrogen-bond acceptors (Lipinski definition) is 7. The highest BCUT2D eigenvalue weighted by molar-refractivity contribution is 8.00. The van der Waals surface area contributed by atoms with Crippen molar-refractivity contribution in [2.75, 3.05) is 24.0 Å². The Labute approximate surface area is 191 Å². The summed E-state index contributed by atoms with van der Waals surface area (Å²) >= 11 is 1.41. The molecular weight excluding hydrogens is 426 g/mol. The molecule has 1 aliphatic rings. The van der Waals surface area contributed by atoms with Gasteiger partial charge in [0.1, 0.15) is 16.7 Å². The normalized spacial score (nSPS) is 17.2. The Hall–Kier alpha value is -3.20. The Kier molecular flexibility index (Phi) is 6.84. The van der Waals surface area contributed by atoms with E-state index < -0.39 is 5.25 Å². The highest BCUT2D eigenvalue weighted by Gasteiger charge is 2.37. The van der Waals surface area contributed by atoms with Gasteiger partial charge in [-0.25, -0.2) is 4.68 Å². The Morgan fingerprint density at radius 3 is 2.22 bits per heavy atom. The summed E-state index contributed by atoms with van der Waals surface area (Å²) in [5, 5.41) is 11.8. The molecule has 2 aromatic carbocycles. The third-order valence-electron chi connectivity index (χ3n) is 5.06. The molecule has 2 N–H and O–H groups in total. The first kappa shape index (κ1) is 22.0. The molecule has 4 rings (SSSR count). The molecule has 1 amide bonds. The number of aryl methyl sites for hydroxylation is 1. The van der Waals surface area contributed by atoms with Crippen LogP contribution in [-0.2, 0) is 11.2 Å². The molecule has 0 aliphatic carbocycles. The molecule has 168 valence electrons. The predicted octanol–water partition coefficient (Wildman–Crippen LogP) is 4.04. The lowest BCUT2D eigenvalue weighted by molar-refractivity contribution is -0.116. The molecule has 0 radical (unpaired) electrons. The summed E-state index contributed by atoms with van der Waals surface area (Å²) in [5.74, 6) is 2.28. The number of amides is 1. The lowest BCUT2D eigenvalue weighted by Gasteiger charge is -2.33. The lowest BCUT2D eigenvalue weighted by Crippen LogP contribution is -2.41. The quantitative estimate of drug-likeness (QED) is 0.532. The summed E-state index contributed by atoms with van der Waals surface area (Å²) in [5.41, 5.74) is 5.15. The van der Waals surface area contributed by atoms with E-state index in [0.29, 0.717) is 24.1 Å². The topological polar surface area (TPSA) is 90.3 Å². The van der Waals surface area contributed by atoms with Gasteiger partial charge >= 0.3 is 0 Å². The molecule has 0 spiro atoms. The highest BCUT2D eigenvalue weighted by Crippen LogP contribution is 2.38. The molecule has 9 heteroatoms. The van der Waals surface area contributed by atoms with Crippen LogP contribution in [0.25, 0.3) is 0 Å². The van der Waals surface area contributed by atoms with Gasteiger partial charge in [-0.05, 0) is 55.8 Å². The molecule has 0 fully saturated rings. The van der Waals surface area contributed by atoms with Gasteiger partial charge in [0.15, 0.2) is 5.82 Å². The van der Waals surface area contributed by atoms with Crippen molar-refractivity contribution < 1.29 is 14.3 Å². The van der Waals surface area contributed by atoms with Gasteiger partial charge in [-0.1, -0.05) is 30.8 Å². The second kappa shape index (κ2) is 9.95. The number of nitrogens with zero attached hydrogens (tertiary/aromatic N) is 3. The molecule has 2 heterocycles. The zero-order valence-electron chi connectivity index (χ0n) is 18.4. The van der Waals surface area contributed by atoms with E-state index in [-0.39, 0.29) is 11.9 Å². The standard InChI is InChI=1S/C23H27N5O3S/c1-4-19-25-26-23-28(19)27-20(15-7-11-17(12-8-15)30-5-2)21(32-23)22(29)24-16-9-13-18(14-10-16)31-6-3/h7-14,20-21,27H,4-6H2,1-3H3,(H,24,29)/t20-,21-/m1/s1. The third-order valence-corrected chi connectivity index (χ3v) is 6.28. The SMILES string of the molecule is CCOc1ccc(NC(=O)[C@@H]2Sc3nnc(CC)n3N[C@@H]2c2ccc(OCC)cc2)cc1. The number of thioether (sulfide) groups is 1. The van der Waals surface area contributed by atoms with Gasteiger partial charge in [-0.15, -0.1) is 10.2 Å². The Balaban J connectivity index is 1.59. The maximum Gasteiger partial charge on any atom is 0.240 e. The van der Waals surface area contributed by atoms with Crippen molar-refractivity contribution in [3.8, 4) is 11.5 Å². The van der Waals surface area contributed by atoms with E-state index in [1.165, 1.54) is 11.8 Å². The first-order valence-corrected chi connectivity index (χ1v) is 11.6. The zero-order chi connectivity index (χ0) is 22.5. The van der Waals surface area contributed by atoms with Gasteiger partial charge in [0.25, 0.3) is 0 Å². The van der Waals surface area contributed by atoms with Gasteiger partial charge < -0.3 is 20.2 Å². The molecule has 0 unspecified atom stereocenters. The van der Waals surface area contributed by atoms with E-state index in [1.54, 1.807) is 0 Å². The van der Waals surface area contributed by atoms with Crippen LogP contribution in [0.5, 0.6) is 11.5 Å². The molecule has 8 nitrogen and oxygen atoms in total. The number of rotatable bonds is 8. The summed E-state index contributed by atoms with van der Waals surface area (Å²) in [7, 11) is 0. The summed E-state index contributed by atoms with van der Waals surface area (Å²) < 4.78 is 12.9. The first-order chi connectivity index (χ1) is 15.6. The van der Waals surface area contributed by atoms with Crippen molar-refractivity contribution in [2.24, 2.45) is 0 Å². The molecule has 32 heavy (non-hydrogen) atoms. The maximum absolute atomic E-state index is 13.3. The van der Waals surface area contributed by atoms with E-state index >= 15 is 0 Å². The molecule has 1 aliphatic heterocycles. The van der Waals surface area contributed by atoms with Crippen LogP contribution in [0, 0.1) is 0 Å². The number of anilines is 1. The number of carbonyl (C=O) groups is 1. The number of hydrogen-bond donors (Lipinski definition) is 2. The van der Waals surface area contributed by atoms with Crippen LogP contribution in [0.4, 0.5) is 5.69 Å². The summed E-state index contributed by atoms with van der Waals surface area (Å²) in [6.07, 6.45) is 0.736. The van der Waals surface area contributed by atoms with E-state index in [0.717, 1.165) is 29.3 Å². The average molecular weight is 454 g/mol. The lowest BCUT2D eigenvalue weighted by atomic mass is 10.0. The minimum absolute atomic E-state index is 0.113. The van der Waals surface area contributed by atoms with Gasteiger partial charge in [0.2, 0.25) is 11.1 Å². The summed E-state index contributed by atoms with van der Waals surface area (Å²) in [6.45, 7) is 7.12. The van der Waals surface area contributed by atoms with Crippen molar-refractivity contribution in [3.63, 3.8) is 0 Å². The van der Waals surface area contributed by atoms with Gasteiger partial charge in [0, 0.05) is 12.1 Å². The minimum Gasteiger partial charge on any atom is -0.494 e. The van der Waals surface area contributed by atoms with Crippen LogP contribution in [0.3, 0.4) is 0 Å². The van der Waals surface area contributed by atoms with E-state index in [9.17, 15) is 4.79 Å².